The Bertz CT molecular complexity index is 96.6. The number of hydrogen-bond donors (Lipinski definition) is 0. The molecule has 0 atom stereocenters. The summed E-state index contributed by atoms with van der Waals surface area (Å²) in [6.07, 6.45) is 0. The highest BCUT2D eigenvalue weighted by molar-refractivity contribution is 9.09. The third-order valence-corrected chi connectivity index (χ3v) is 1.57. The van der Waals surface area contributed by atoms with Crippen molar-refractivity contribution in [2.24, 2.45) is 0 Å². The van der Waals surface area contributed by atoms with Crippen LogP contribution in [0.3, 0.4) is 0 Å². The van der Waals surface area contributed by atoms with Crippen LogP contribution in [0.25, 0.3) is 0 Å². The van der Waals surface area contributed by atoms with Gasteiger partial charge in [0.15, 0.2) is 0 Å². The topological polar surface area (TPSA) is 34.1 Å². The van der Waals surface area contributed by atoms with Gasteiger partial charge in [-0.15, -0.1) is 0 Å². The fourth-order valence-corrected chi connectivity index (χ4v) is 0.774. The van der Waals surface area contributed by atoms with E-state index >= 15 is 0 Å². The fraction of sp³-hybridized carbons (Fsp3) is 0.500. The van der Waals surface area contributed by atoms with Crippen LogP contribution >= 0.6 is 31.9 Å². The summed E-state index contributed by atoms with van der Waals surface area (Å²) in [7, 11) is 0. The molecule has 2 nitrogen and oxygen atoms in total. The molecule has 0 saturated carbocycles. The number of carbonyl (C=O) groups excluding carboxylic acids is 2. The van der Waals surface area contributed by atoms with E-state index in [9.17, 15) is 9.59 Å². The third kappa shape index (κ3) is 2.57. The molecule has 0 aromatic heterocycles. The minimum Gasteiger partial charge on any atom is -0.290 e. The van der Waals surface area contributed by atoms with E-state index in [4.69, 9.17) is 0 Å². The molecule has 0 aliphatic rings. The molecule has 0 N–H and O–H groups in total. The zero-order valence-corrected chi connectivity index (χ0v) is 7.16. The molecule has 0 aliphatic heterocycles. The van der Waals surface area contributed by atoms with Crippen molar-refractivity contribution in [3.8, 4) is 0 Å². The Morgan fingerprint density at radius 1 is 1.00 bits per heavy atom. The monoisotopic (exact) mass is 242 g/mol. The van der Waals surface area contributed by atoms with E-state index in [1.165, 1.54) is 0 Å². The van der Waals surface area contributed by atoms with E-state index in [-0.39, 0.29) is 22.2 Å². The van der Waals surface area contributed by atoms with Gasteiger partial charge in [-0.3, -0.25) is 9.59 Å². The van der Waals surface area contributed by atoms with Crippen LogP contribution in [0.5, 0.6) is 0 Å². The second-order valence-corrected chi connectivity index (χ2v) is 2.24. The number of ketones is 2. The van der Waals surface area contributed by atoms with Gasteiger partial charge in [0.25, 0.3) is 0 Å². The smallest absolute Gasteiger partial charge is 0.209 e. The van der Waals surface area contributed by atoms with Crippen LogP contribution in [0, 0.1) is 0 Å². The minimum atomic E-state index is -0.387. The van der Waals surface area contributed by atoms with Gasteiger partial charge in [0.1, 0.15) is 0 Å². The van der Waals surface area contributed by atoms with Crippen LogP contribution < -0.4 is 0 Å². The van der Waals surface area contributed by atoms with E-state index in [0.29, 0.717) is 0 Å². The van der Waals surface area contributed by atoms with Crippen molar-refractivity contribution < 1.29 is 9.59 Å². The van der Waals surface area contributed by atoms with Gasteiger partial charge in [0.2, 0.25) is 11.6 Å². The lowest BCUT2D eigenvalue weighted by molar-refractivity contribution is -0.133. The maximum atomic E-state index is 10.3. The zero-order chi connectivity index (χ0) is 6.57. The summed E-state index contributed by atoms with van der Waals surface area (Å²) >= 11 is 5.73. The molecule has 4 heteroatoms. The molecule has 0 aromatic carbocycles. The standard InChI is InChI=1S/C4H4Br2O2/c5-1-3(7)4(8)2-6/h1-2H2. The molecule has 0 aliphatic carbocycles. The second kappa shape index (κ2) is 4.21. The van der Waals surface area contributed by atoms with Gasteiger partial charge in [-0.25, -0.2) is 0 Å². The lowest BCUT2D eigenvalue weighted by Crippen LogP contribution is -2.15. The quantitative estimate of drug-likeness (QED) is 0.546. The number of hydrogen-bond acceptors (Lipinski definition) is 2. The van der Waals surface area contributed by atoms with Gasteiger partial charge in [-0.1, -0.05) is 31.9 Å². The van der Waals surface area contributed by atoms with Gasteiger partial charge in [-0.2, -0.15) is 0 Å². The summed E-state index contributed by atoms with van der Waals surface area (Å²) in [5.74, 6) is -0.774. The fourth-order valence-electron chi connectivity index (χ4n) is 0.149. The lowest BCUT2D eigenvalue weighted by atomic mass is 10.3. The van der Waals surface area contributed by atoms with Crippen LogP contribution in [-0.4, -0.2) is 22.2 Å². The number of rotatable bonds is 3. The summed E-state index contributed by atoms with van der Waals surface area (Å²) in [5.41, 5.74) is 0. The zero-order valence-electron chi connectivity index (χ0n) is 3.99. The summed E-state index contributed by atoms with van der Waals surface area (Å²) < 4.78 is 0. The molecule has 0 bridgehead atoms. The molecular weight excluding hydrogens is 240 g/mol. The molecule has 0 spiro atoms. The maximum absolute atomic E-state index is 10.3. The number of alkyl halides is 2. The first-order chi connectivity index (χ1) is 3.72. The first-order valence-electron chi connectivity index (χ1n) is 1.90. The summed E-state index contributed by atoms with van der Waals surface area (Å²) in [4.78, 5) is 20.6. The Balaban J connectivity index is 3.64. The van der Waals surface area contributed by atoms with E-state index in [1.807, 2.05) is 0 Å². The Kier molecular flexibility index (Phi) is 4.36. The van der Waals surface area contributed by atoms with Gasteiger partial charge in [0.05, 0.1) is 10.7 Å². The number of halogens is 2. The van der Waals surface area contributed by atoms with Crippen molar-refractivity contribution in [1.82, 2.24) is 0 Å². The van der Waals surface area contributed by atoms with Gasteiger partial charge in [-0.05, 0) is 0 Å². The second-order valence-electron chi connectivity index (χ2n) is 1.11. The van der Waals surface area contributed by atoms with Crippen molar-refractivity contribution in [1.29, 1.82) is 0 Å². The molecule has 0 fully saturated rings. The molecule has 0 heterocycles. The molecule has 46 valence electrons. The number of carbonyl (C=O) groups is 2. The van der Waals surface area contributed by atoms with Crippen LogP contribution in [-0.2, 0) is 9.59 Å². The van der Waals surface area contributed by atoms with Crippen molar-refractivity contribution in [2.45, 2.75) is 0 Å². The van der Waals surface area contributed by atoms with Crippen LogP contribution in [0.2, 0.25) is 0 Å². The molecule has 0 amide bonds. The predicted octanol–water partition coefficient (Wildman–Crippen LogP) is 0.914. The molecular formula is C4H4Br2O2. The van der Waals surface area contributed by atoms with E-state index in [1.54, 1.807) is 0 Å². The van der Waals surface area contributed by atoms with Crippen LogP contribution in [0.15, 0.2) is 0 Å². The normalized spacial score (nSPS) is 8.75. The number of Topliss-reactive ketones (excluding diaryl/α,β-unsaturated/α-hetero) is 2. The Hall–Kier alpha value is 0.300. The molecule has 0 saturated heterocycles. The molecule has 0 rings (SSSR count). The average Bonchev–Trinajstić information content (AvgIpc) is 1.84. The van der Waals surface area contributed by atoms with E-state index in [0.717, 1.165) is 0 Å². The van der Waals surface area contributed by atoms with Crippen LogP contribution in [0.4, 0.5) is 0 Å². The first kappa shape index (κ1) is 8.30. The van der Waals surface area contributed by atoms with Crippen molar-refractivity contribution in [3.63, 3.8) is 0 Å². The first-order valence-corrected chi connectivity index (χ1v) is 4.14. The van der Waals surface area contributed by atoms with Crippen molar-refractivity contribution in [3.05, 3.63) is 0 Å². The lowest BCUT2D eigenvalue weighted by Gasteiger charge is -1.85. The molecule has 8 heavy (non-hydrogen) atoms. The highest BCUT2D eigenvalue weighted by Gasteiger charge is 2.07. The molecule has 0 radical (unpaired) electrons. The van der Waals surface area contributed by atoms with Gasteiger partial charge in [0, 0.05) is 0 Å². The molecule has 0 unspecified atom stereocenters. The summed E-state index contributed by atoms with van der Waals surface area (Å²) in [6.45, 7) is 0. The Morgan fingerprint density at radius 3 is 1.38 bits per heavy atom. The summed E-state index contributed by atoms with van der Waals surface area (Å²) in [5, 5.41) is 0.245. The van der Waals surface area contributed by atoms with Crippen LogP contribution in [0.1, 0.15) is 0 Å². The summed E-state index contributed by atoms with van der Waals surface area (Å²) in [6, 6.07) is 0. The minimum absolute atomic E-state index is 0.122. The van der Waals surface area contributed by atoms with Gasteiger partial charge >= 0.3 is 0 Å². The Labute approximate surface area is 63.9 Å². The maximum Gasteiger partial charge on any atom is 0.209 e. The Morgan fingerprint density at radius 2 is 1.25 bits per heavy atom. The SMILES string of the molecule is O=C(CBr)C(=O)CBr. The highest BCUT2D eigenvalue weighted by Crippen LogP contribution is 1.88. The van der Waals surface area contributed by atoms with E-state index < -0.39 is 0 Å². The van der Waals surface area contributed by atoms with E-state index in [2.05, 4.69) is 31.9 Å². The van der Waals surface area contributed by atoms with Crippen molar-refractivity contribution >= 4 is 43.4 Å². The molecule has 0 aromatic rings. The highest BCUT2D eigenvalue weighted by atomic mass is 79.9. The third-order valence-electron chi connectivity index (χ3n) is 0.554. The largest absolute Gasteiger partial charge is 0.290 e. The predicted molar refractivity (Wildman–Crippen MR) is 37.6 cm³/mol. The van der Waals surface area contributed by atoms with Crippen molar-refractivity contribution in [2.75, 3.05) is 10.7 Å². The average molecular weight is 244 g/mol. The van der Waals surface area contributed by atoms with Gasteiger partial charge < -0.3 is 0 Å².